The second kappa shape index (κ2) is 8.01. The molecule has 146 valence electrons. The third kappa shape index (κ3) is 3.98. The zero-order valence-corrected chi connectivity index (χ0v) is 17.4. The lowest BCUT2D eigenvalue weighted by molar-refractivity contribution is -0.114. The first kappa shape index (κ1) is 19.1. The number of anilines is 2. The molecule has 2 aromatic carbocycles. The number of rotatable bonds is 5. The fourth-order valence-corrected chi connectivity index (χ4v) is 4.23. The van der Waals surface area contributed by atoms with E-state index in [2.05, 4.69) is 57.2 Å². The van der Waals surface area contributed by atoms with Gasteiger partial charge in [-0.2, -0.15) is 0 Å². The number of para-hydroxylation sites is 1. The predicted molar refractivity (Wildman–Crippen MR) is 121 cm³/mol. The summed E-state index contributed by atoms with van der Waals surface area (Å²) in [5.74, 6) is 0.560. The van der Waals surface area contributed by atoms with Crippen LogP contribution in [0.2, 0.25) is 0 Å². The van der Waals surface area contributed by atoms with Crippen LogP contribution in [-0.4, -0.2) is 22.4 Å². The van der Waals surface area contributed by atoms with Gasteiger partial charge in [0.2, 0.25) is 5.91 Å². The molecule has 1 amide bonds. The summed E-state index contributed by atoms with van der Waals surface area (Å²) >= 11 is 1.58. The number of aromatic nitrogens is 2. The van der Waals surface area contributed by atoms with Crippen molar-refractivity contribution < 1.29 is 4.79 Å². The van der Waals surface area contributed by atoms with E-state index in [9.17, 15) is 4.79 Å². The van der Waals surface area contributed by atoms with Gasteiger partial charge in [-0.3, -0.25) is 4.79 Å². The average Bonchev–Trinajstić information content (AvgIpc) is 3.15. The maximum Gasteiger partial charge on any atom is 0.243 e. The van der Waals surface area contributed by atoms with E-state index in [1.54, 1.807) is 11.3 Å². The molecule has 0 bridgehead atoms. The molecule has 0 saturated heterocycles. The Morgan fingerprint density at radius 2 is 1.72 bits per heavy atom. The number of carbonyl (C=O) groups excluding carboxylic acids is 1. The Hall–Kier alpha value is -3.25. The molecule has 2 aromatic heterocycles. The van der Waals surface area contributed by atoms with E-state index in [1.807, 2.05) is 32.0 Å². The molecule has 2 heterocycles. The van der Waals surface area contributed by atoms with Gasteiger partial charge in [0, 0.05) is 16.6 Å². The van der Waals surface area contributed by atoms with Crippen LogP contribution in [-0.2, 0) is 4.79 Å². The van der Waals surface area contributed by atoms with Crippen LogP contribution >= 0.6 is 11.3 Å². The quantitative estimate of drug-likeness (QED) is 0.473. The van der Waals surface area contributed by atoms with Crippen LogP contribution in [0.25, 0.3) is 21.3 Å². The lowest BCUT2D eigenvalue weighted by Gasteiger charge is -2.12. The van der Waals surface area contributed by atoms with Crippen molar-refractivity contribution in [3.05, 3.63) is 70.9 Å². The molecule has 0 radical (unpaired) electrons. The lowest BCUT2D eigenvalue weighted by atomic mass is 10.0. The van der Waals surface area contributed by atoms with Crippen molar-refractivity contribution in [3.63, 3.8) is 0 Å². The van der Waals surface area contributed by atoms with Gasteiger partial charge in [-0.05, 0) is 37.5 Å². The number of carbonyl (C=O) groups is 1. The highest BCUT2D eigenvalue weighted by Crippen LogP contribution is 2.36. The first-order valence-corrected chi connectivity index (χ1v) is 10.3. The number of thiophene rings is 1. The first-order chi connectivity index (χ1) is 14.0. The van der Waals surface area contributed by atoms with E-state index in [0.717, 1.165) is 38.2 Å². The summed E-state index contributed by atoms with van der Waals surface area (Å²) in [6, 6.07) is 14.3. The summed E-state index contributed by atoms with van der Waals surface area (Å²) in [6.07, 6.45) is 1.53. The molecule has 0 unspecified atom stereocenters. The molecule has 0 aliphatic rings. The fourth-order valence-electron chi connectivity index (χ4n) is 3.31. The Kier molecular flexibility index (Phi) is 5.27. The number of nitrogens with one attached hydrogen (secondary N) is 2. The van der Waals surface area contributed by atoms with Crippen LogP contribution in [0.1, 0.15) is 16.7 Å². The van der Waals surface area contributed by atoms with Crippen LogP contribution in [0.15, 0.2) is 54.2 Å². The minimum absolute atomic E-state index is 0.110. The SMILES string of the molecule is Cc1ccc(-c2csc3ncnc(NCC(=O)Nc4c(C)cccc4C)c23)cc1. The molecule has 0 atom stereocenters. The van der Waals surface area contributed by atoms with Gasteiger partial charge in [-0.1, -0.05) is 48.0 Å². The molecule has 29 heavy (non-hydrogen) atoms. The van der Waals surface area contributed by atoms with Gasteiger partial charge in [-0.15, -0.1) is 11.3 Å². The van der Waals surface area contributed by atoms with Gasteiger partial charge in [-0.25, -0.2) is 9.97 Å². The smallest absolute Gasteiger partial charge is 0.243 e. The topological polar surface area (TPSA) is 66.9 Å². The molecule has 4 aromatic rings. The average molecular weight is 403 g/mol. The van der Waals surface area contributed by atoms with E-state index in [1.165, 1.54) is 11.9 Å². The monoisotopic (exact) mass is 402 g/mol. The minimum atomic E-state index is -0.110. The van der Waals surface area contributed by atoms with Crippen molar-refractivity contribution in [2.24, 2.45) is 0 Å². The number of hydrogen-bond acceptors (Lipinski definition) is 5. The van der Waals surface area contributed by atoms with Crippen LogP contribution < -0.4 is 10.6 Å². The van der Waals surface area contributed by atoms with Gasteiger partial charge in [0.05, 0.1) is 11.9 Å². The largest absolute Gasteiger partial charge is 0.360 e. The molecule has 2 N–H and O–H groups in total. The normalized spacial score (nSPS) is 10.9. The van der Waals surface area contributed by atoms with E-state index in [-0.39, 0.29) is 12.5 Å². The van der Waals surface area contributed by atoms with Gasteiger partial charge in [0.1, 0.15) is 17.0 Å². The van der Waals surface area contributed by atoms with Crippen LogP contribution in [0.3, 0.4) is 0 Å². The highest BCUT2D eigenvalue weighted by Gasteiger charge is 2.14. The van der Waals surface area contributed by atoms with Gasteiger partial charge in [0.15, 0.2) is 0 Å². The standard InChI is InChI=1S/C23H22N4OS/c1-14-7-9-17(10-8-14)18-12-29-23-20(18)22(25-13-26-23)24-11-19(28)27-21-15(2)5-4-6-16(21)3/h4-10,12-13H,11H2,1-3H3,(H,27,28)(H,24,25,26). The van der Waals surface area contributed by atoms with Crippen LogP contribution in [0.5, 0.6) is 0 Å². The number of amides is 1. The molecule has 0 aliphatic carbocycles. The minimum Gasteiger partial charge on any atom is -0.360 e. The Morgan fingerprint density at radius 3 is 2.45 bits per heavy atom. The Bertz CT molecular complexity index is 1160. The highest BCUT2D eigenvalue weighted by molar-refractivity contribution is 7.17. The van der Waals surface area contributed by atoms with Gasteiger partial charge < -0.3 is 10.6 Å². The summed E-state index contributed by atoms with van der Waals surface area (Å²) < 4.78 is 0. The summed E-state index contributed by atoms with van der Waals surface area (Å²) in [5.41, 5.74) is 6.35. The second-order valence-electron chi connectivity index (χ2n) is 7.09. The maximum absolute atomic E-state index is 12.5. The van der Waals surface area contributed by atoms with Crippen molar-refractivity contribution in [2.75, 3.05) is 17.2 Å². The third-order valence-electron chi connectivity index (χ3n) is 4.89. The number of fused-ring (bicyclic) bond motifs is 1. The van der Waals surface area contributed by atoms with Gasteiger partial charge in [0.25, 0.3) is 0 Å². The first-order valence-electron chi connectivity index (χ1n) is 9.42. The summed E-state index contributed by atoms with van der Waals surface area (Å²) in [4.78, 5) is 22.2. The number of nitrogens with zero attached hydrogens (tertiary/aromatic N) is 2. The Balaban J connectivity index is 1.57. The maximum atomic E-state index is 12.5. The molecule has 0 fully saturated rings. The molecular formula is C23H22N4OS. The summed E-state index contributed by atoms with van der Waals surface area (Å²) in [6.45, 7) is 6.18. The molecule has 0 spiro atoms. The van der Waals surface area contributed by atoms with Crippen LogP contribution in [0, 0.1) is 20.8 Å². The van der Waals surface area contributed by atoms with E-state index < -0.39 is 0 Å². The Labute approximate surface area is 173 Å². The Morgan fingerprint density at radius 1 is 1.00 bits per heavy atom. The van der Waals surface area contributed by atoms with Crippen molar-refractivity contribution in [2.45, 2.75) is 20.8 Å². The zero-order valence-electron chi connectivity index (χ0n) is 16.6. The molecule has 6 heteroatoms. The van der Waals surface area contributed by atoms with Crippen molar-refractivity contribution >= 4 is 39.0 Å². The van der Waals surface area contributed by atoms with Crippen molar-refractivity contribution in [1.82, 2.24) is 9.97 Å². The zero-order chi connectivity index (χ0) is 20.4. The van der Waals surface area contributed by atoms with Crippen molar-refractivity contribution in [1.29, 1.82) is 0 Å². The summed E-state index contributed by atoms with van der Waals surface area (Å²) in [7, 11) is 0. The number of hydrogen-bond donors (Lipinski definition) is 2. The third-order valence-corrected chi connectivity index (χ3v) is 5.78. The molecular weight excluding hydrogens is 380 g/mol. The van der Waals surface area contributed by atoms with E-state index in [0.29, 0.717) is 5.82 Å². The lowest BCUT2D eigenvalue weighted by Crippen LogP contribution is -2.23. The molecule has 4 rings (SSSR count). The fraction of sp³-hybridized carbons (Fsp3) is 0.174. The molecule has 0 saturated carbocycles. The van der Waals surface area contributed by atoms with Gasteiger partial charge >= 0.3 is 0 Å². The predicted octanol–water partition coefficient (Wildman–Crippen LogP) is 5.33. The van der Waals surface area contributed by atoms with E-state index in [4.69, 9.17) is 0 Å². The number of benzene rings is 2. The second-order valence-corrected chi connectivity index (χ2v) is 7.94. The highest BCUT2D eigenvalue weighted by atomic mass is 32.1. The molecule has 0 aliphatic heterocycles. The number of aryl methyl sites for hydroxylation is 3. The van der Waals surface area contributed by atoms with Crippen LogP contribution in [0.4, 0.5) is 11.5 Å². The van der Waals surface area contributed by atoms with E-state index >= 15 is 0 Å². The summed E-state index contributed by atoms with van der Waals surface area (Å²) in [5, 5.41) is 9.23. The molecule has 5 nitrogen and oxygen atoms in total. The van der Waals surface area contributed by atoms with Crippen molar-refractivity contribution in [3.8, 4) is 11.1 Å².